The van der Waals surface area contributed by atoms with Crippen LogP contribution in [-0.4, -0.2) is 57.6 Å². The van der Waals surface area contributed by atoms with Crippen LogP contribution in [0.3, 0.4) is 0 Å². The van der Waals surface area contributed by atoms with Crippen LogP contribution in [0.4, 0.5) is 4.39 Å². The van der Waals surface area contributed by atoms with Crippen molar-refractivity contribution >= 4 is 11.8 Å². The summed E-state index contributed by atoms with van der Waals surface area (Å²) in [6, 6.07) is 14.0. The first-order chi connectivity index (χ1) is 14.8. The Morgan fingerprint density at radius 1 is 0.935 bits per heavy atom. The lowest BCUT2D eigenvalue weighted by atomic mass is 10.1. The molecule has 0 spiro atoms. The van der Waals surface area contributed by atoms with Crippen LogP contribution in [0.5, 0.6) is 0 Å². The van der Waals surface area contributed by atoms with Crippen molar-refractivity contribution in [3.05, 3.63) is 71.2 Å². The van der Waals surface area contributed by atoms with Crippen molar-refractivity contribution in [1.29, 1.82) is 0 Å². The highest BCUT2D eigenvalue weighted by molar-refractivity contribution is 5.94. The van der Waals surface area contributed by atoms with Crippen LogP contribution < -0.4 is 0 Å². The number of halogens is 1. The number of benzene rings is 2. The van der Waals surface area contributed by atoms with E-state index in [1.807, 2.05) is 32.0 Å². The van der Waals surface area contributed by atoms with Gasteiger partial charge in [0.25, 0.3) is 5.91 Å². The Hall–Kier alpha value is -3.48. The lowest BCUT2D eigenvalue weighted by Gasteiger charge is -2.34. The lowest BCUT2D eigenvalue weighted by Crippen LogP contribution is -2.50. The predicted molar refractivity (Wildman–Crippen MR) is 117 cm³/mol. The molecule has 3 aromatic rings. The number of piperazine rings is 1. The number of aromatic nitrogens is 2. The van der Waals surface area contributed by atoms with Crippen LogP contribution in [-0.2, 0) is 4.79 Å². The summed E-state index contributed by atoms with van der Waals surface area (Å²) < 4.78 is 16.1. The van der Waals surface area contributed by atoms with Gasteiger partial charge in [0.15, 0.2) is 0 Å². The average Bonchev–Trinajstić information content (AvgIpc) is 3.18. The molecule has 1 fully saturated rings. The van der Waals surface area contributed by atoms with E-state index in [-0.39, 0.29) is 17.6 Å². The molecule has 0 aliphatic carbocycles. The largest absolute Gasteiger partial charge is 0.339 e. The van der Waals surface area contributed by atoms with Crippen LogP contribution in [0.1, 0.15) is 28.5 Å². The Bertz CT molecular complexity index is 1150. The zero-order valence-corrected chi connectivity index (χ0v) is 17.9. The Morgan fingerprint density at radius 3 is 2.26 bits per heavy atom. The minimum atomic E-state index is -0.387. The molecule has 1 aliphatic rings. The number of hydrogen-bond acceptors (Lipinski definition) is 3. The van der Waals surface area contributed by atoms with E-state index in [2.05, 4.69) is 5.10 Å². The molecule has 2 aromatic carbocycles. The number of amides is 2. The molecule has 2 amide bonds. The summed E-state index contributed by atoms with van der Waals surface area (Å²) in [6.45, 7) is 7.40. The molecule has 6 nitrogen and oxygen atoms in total. The molecule has 1 saturated heterocycles. The summed E-state index contributed by atoms with van der Waals surface area (Å²) in [4.78, 5) is 28.5. The maximum atomic E-state index is 14.4. The number of aryl methyl sites for hydroxylation is 2. The fraction of sp³-hybridized carbons (Fsp3) is 0.292. The van der Waals surface area contributed by atoms with Crippen molar-refractivity contribution in [2.45, 2.75) is 20.8 Å². The number of hydrogen-bond donors (Lipinski definition) is 0. The highest BCUT2D eigenvalue weighted by Crippen LogP contribution is 2.26. The van der Waals surface area contributed by atoms with Gasteiger partial charge in [0, 0.05) is 38.7 Å². The average molecular weight is 420 g/mol. The Balaban J connectivity index is 1.76. The third-order valence-electron chi connectivity index (χ3n) is 5.67. The number of carbonyl (C=O) groups excluding carboxylic acids is 2. The second-order valence-corrected chi connectivity index (χ2v) is 7.89. The van der Waals surface area contributed by atoms with Gasteiger partial charge in [-0.15, -0.1) is 0 Å². The second kappa shape index (κ2) is 8.34. The monoisotopic (exact) mass is 420 g/mol. The van der Waals surface area contributed by atoms with Gasteiger partial charge in [-0.25, -0.2) is 9.07 Å². The predicted octanol–water partition coefficient (Wildman–Crippen LogP) is 3.60. The normalized spacial score (nSPS) is 14.1. The van der Waals surface area contributed by atoms with Crippen molar-refractivity contribution in [2.24, 2.45) is 0 Å². The molecule has 0 saturated carbocycles. The summed E-state index contributed by atoms with van der Waals surface area (Å²) in [6.07, 6.45) is 0. The molecular weight excluding hydrogens is 395 g/mol. The topological polar surface area (TPSA) is 58.4 Å². The molecule has 0 N–H and O–H groups in total. The van der Waals surface area contributed by atoms with E-state index in [1.165, 1.54) is 13.0 Å². The smallest absolute Gasteiger partial charge is 0.272 e. The van der Waals surface area contributed by atoms with Crippen molar-refractivity contribution in [1.82, 2.24) is 19.6 Å². The first kappa shape index (κ1) is 20.8. The molecular formula is C24H25FN4O2. The third-order valence-corrected chi connectivity index (χ3v) is 5.67. The maximum Gasteiger partial charge on any atom is 0.272 e. The van der Waals surface area contributed by atoms with Crippen LogP contribution >= 0.6 is 0 Å². The number of carbonyl (C=O) groups is 2. The van der Waals surface area contributed by atoms with Crippen LogP contribution in [0, 0.1) is 19.7 Å². The molecule has 31 heavy (non-hydrogen) atoms. The standard InChI is InChI=1S/C24H25FN4O2/c1-16-8-9-22(17(2)14-16)29-23(15-21(26-29)19-6-4-5-7-20(19)25)24(31)28-12-10-27(11-13-28)18(3)30/h4-9,14-15H,10-13H2,1-3H3. The van der Waals surface area contributed by atoms with Gasteiger partial charge in [0.1, 0.15) is 11.5 Å². The van der Waals surface area contributed by atoms with Gasteiger partial charge in [-0.2, -0.15) is 5.10 Å². The van der Waals surface area contributed by atoms with Gasteiger partial charge in [-0.3, -0.25) is 9.59 Å². The van der Waals surface area contributed by atoms with Gasteiger partial charge in [-0.05, 0) is 43.7 Å². The van der Waals surface area contributed by atoms with E-state index in [1.54, 1.807) is 38.7 Å². The Kier molecular flexibility index (Phi) is 5.59. The Morgan fingerprint density at radius 2 is 1.61 bits per heavy atom. The highest BCUT2D eigenvalue weighted by atomic mass is 19.1. The zero-order valence-electron chi connectivity index (χ0n) is 17.9. The number of rotatable bonds is 3. The quantitative estimate of drug-likeness (QED) is 0.651. The minimum absolute atomic E-state index is 0.00857. The molecule has 0 atom stereocenters. The summed E-state index contributed by atoms with van der Waals surface area (Å²) in [7, 11) is 0. The van der Waals surface area contributed by atoms with Gasteiger partial charge in [0.05, 0.1) is 11.4 Å². The molecule has 1 aromatic heterocycles. The van der Waals surface area contributed by atoms with Gasteiger partial charge in [0.2, 0.25) is 5.91 Å². The van der Waals surface area contributed by atoms with E-state index in [0.29, 0.717) is 43.1 Å². The molecule has 0 radical (unpaired) electrons. The second-order valence-electron chi connectivity index (χ2n) is 7.89. The summed E-state index contributed by atoms with van der Waals surface area (Å²) >= 11 is 0. The fourth-order valence-corrected chi connectivity index (χ4v) is 3.95. The molecule has 1 aliphatic heterocycles. The van der Waals surface area contributed by atoms with Crippen LogP contribution in [0.2, 0.25) is 0 Å². The molecule has 0 unspecified atom stereocenters. The van der Waals surface area contributed by atoms with Gasteiger partial charge in [-0.1, -0.05) is 29.8 Å². The van der Waals surface area contributed by atoms with Crippen molar-refractivity contribution in [3.8, 4) is 16.9 Å². The Labute approximate surface area is 180 Å². The van der Waals surface area contributed by atoms with Crippen molar-refractivity contribution in [3.63, 3.8) is 0 Å². The van der Waals surface area contributed by atoms with E-state index >= 15 is 0 Å². The van der Waals surface area contributed by atoms with Crippen molar-refractivity contribution < 1.29 is 14.0 Å². The zero-order chi connectivity index (χ0) is 22.1. The molecule has 4 rings (SSSR count). The van der Waals surface area contributed by atoms with Gasteiger partial charge < -0.3 is 9.80 Å². The minimum Gasteiger partial charge on any atom is -0.339 e. The van der Waals surface area contributed by atoms with E-state index < -0.39 is 0 Å². The van der Waals surface area contributed by atoms with E-state index in [9.17, 15) is 14.0 Å². The maximum absolute atomic E-state index is 14.4. The molecule has 2 heterocycles. The first-order valence-electron chi connectivity index (χ1n) is 10.3. The number of nitrogens with zero attached hydrogens (tertiary/aromatic N) is 4. The van der Waals surface area contributed by atoms with E-state index in [0.717, 1.165) is 16.8 Å². The van der Waals surface area contributed by atoms with Gasteiger partial charge >= 0.3 is 0 Å². The molecule has 160 valence electrons. The summed E-state index contributed by atoms with van der Waals surface area (Å²) in [5, 5.41) is 4.63. The van der Waals surface area contributed by atoms with Crippen molar-refractivity contribution in [2.75, 3.05) is 26.2 Å². The molecule has 0 bridgehead atoms. The van der Waals surface area contributed by atoms with Crippen LogP contribution in [0.25, 0.3) is 16.9 Å². The molecule has 7 heteroatoms. The summed E-state index contributed by atoms with van der Waals surface area (Å²) in [5.74, 6) is -0.561. The van der Waals surface area contributed by atoms with Crippen LogP contribution in [0.15, 0.2) is 48.5 Å². The first-order valence-corrected chi connectivity index (χ1v) is 10.3. The lowest BCUT2D eigenvalue weighted by molar-refractivity contribution is -0.130. The highest BCUT2D eigenvalue weighted by Gasteiger charge is 2.27. The fourth-order valence-electron chi connectivity index (χ4n) is 3.95. The van der Waals surface area contributed by atoms with E-state index in [4.69, 9.17) is 0 Å². The summed E-state index contributed by atoms with van der Waals surface area (Å²) in [5.41, 5.74) is 3.99. The SMILES string of the molecule is CC(=O)N1CCN(C(=O)c2cc(-c3ccccc3F)nn2-c2ccc(C)cc2C)CC1. The third kappa shape index (κ3) is 4.08.